The van der Waals surface area contributed by atoms with Crippen molar-refractivity contribution in [1.29, 1.82) is 0 Å². The maximum atomic E-state index is 12.1. The molecule has 7 nitrogen and oxygen atoms in total. The smallest absolute Gasteiger partial charge is 0.251 e. The van der Waals surface area contributed by atoms with Gasteiger partial charge in [-0.05, 0) is 58.4 Å². The number of phenolic OH excluding ortho intramolecular Hbond substituents is 3. The Labute approximate surface area is 237 Å². The second-order valence-corrected chi connectivity index (χ2v) is 9.83. The highest BCUT2D eigenvalue weighted by Crippen LogP contribution is 2.31. The van der Waals surface area contributed by atoms with Crippen molar-refractivity contribution in [3.8, 4) is 23.0 Å². The molecule has 0 bridgehead atoms. The number of halogens is 2. The first kappa shape index (κ1) is 28.7. The lowest BCUT2D eigenvalue weighted by Crippen LogP contribution is -2.22. The number of hydrogen-bond donors (Lipinski definition) is 4. The van der Waals surface area contributed by atoms with Crippen LogP contribution < -0.4 is 10.1 Å². The topological polar surface area (TPSA) is 116 Å². The van der Waals surface area contributed by atoms with Crippen LogP contribution >= 0.6 is 31.9 Å². The number of para-hydroxylation sites is 1. The van der Waals surface area contributed by atoms with Gasteiger partial charge in [0, 0.05) is 40.2 Å². The number of methoxy groups -OCH3 is 1. The Balaban J connectivity index is 0.000000211. The highest BCUT2D eigenvalue weighted by Gasteiger charge is 2.14. The molecule has 0 aromatic heterocycles. The number of Topliss-reactive ketones (excluding diaryl/α,β-unsaturated/α-hetero) is 1. The van der Waals surface area contributed by atoms with Gasteiger partial charge in [0.2, 0.25) is 0 Å². The summed E-state index contributed by atoms with van der Waals surface area (Å²) in [4.78, 5) is 24.0. The number of carbonyl (C=O) groups excluding carboxylic acids is 2. The van der Waals surface area contributed by atoms with Crippen LogP contribution in [-0.4, -0.2) is 34.1 Å². The van der Waals surface area contributed by atoms with E-state index in [0.717, 1.165) is 16.1 Å². The molecule has 0 fully saturated rings. The third kappa shape index (κ3) is 7.84. The molecular formula is C29H25Br2NO6. The maximum absolute atomic E-state index is 12.1. The number of phenols is 3. The Morgan fingerprint density at radius 3 is 2.21 bits per heavy atom. The number of rotatable bonds is 7. The number of aromatic hydroxyl groups is 3. The molecule has 0 saturated heterocycles. The van der Waals surface area contributed by atoms with E-state index < -0.39 is 0 Å². The Morgan fingerprint density at radius 2 is 1.53 bits per heavy atom. The van der Waals surface area contributed by atoms with Crippen LogP contribution in [0.1, 0.15) is 31.8 Å². The summed E-state index contributed by atoms with van der Waals surface area (Å²) in [5, 5.41) is 31.5. The number of carbonyl (C=O) groups is 2. The van der Waals surface area contributed by atoms with Crippen LogP contribution in [0, 0.1) is 0 Å². The number of nitrogens with one attached hydrogen (secondary N) is 1. The van der Waals surface area contributed by atoms with Crippen molar-refractivity contribution in [1.82, 2.24) is 5.32 Å². The average molecular weight is 643 g/mol. The number of ketones is 1. The largest absolute Gasteiger partial charge is 0.508 e. The van der Waals surface area contributed by atoms with E-state index >= 15 is 0 Å². The predicted molar refractivity (Wildman–Crippen MR) is 152 cm³/mol. The van der Waals surface area contributed by atoms with Gasteiger partial charge in [0.1, 0.15) is 23.0 Å². The Bertz CT molecular complexity index is 1430. The number of ether oxygens (including phenoxy) is 1. The molecule has 38 heavy (non-hydrogen) atoms. The van der Waals surface area contributed by atoms with Crippen LogP contribution in [0.15, 0.2) is 93.9 Å². The first-order valence-corrected chi connectivity index (χ1v) is 13.0. The molecule has 4 aromatic rings. The molecule has 0 unspecified atom stereocenters. The molecule has 0 radical (unpaired) electrons. The van der Waals surface area contributed by atoms with Gasteiger partial charge in [-0.3, -0.25) is 9.59 Å². The summed E-state index contributed by atoms with van der Waals surface area (Å²) in [5.41, 5.74) is 2.17. The third-order valence-electron chi connectivity index (χ3n) is 5.41. The summed E-state index contributed by atoms with van der Waals surface area (Å²) in [7, 11) is 1.54. The molecular weight excluding hydrogens is 618 g/mol. The van der Waals surface area contributed by atoms with E-state index in [-0.39, 0.29) is 47.5 Å². The summed E-state index contributed by atoms with van der Waals surface area (Å²) >= 11 is 6.60. The molecule has 0 aliphatic heterocycles. The molecule has 0 aliphatic rings. The van der Waals surface area contributed by atoms with Crippen molar-refractivity contribution in [3.05, 3.63) is 116 Å². The van der Waals surface area contributed by atoms with Crippen LogP contribution in [0.5, 0.6) is 23.0 Å². The van der Waals surface area contributed by atoms with Crippen molar-refractivity contribution in [2.24, 2.45) is 0 Å². The number of amides is 1. The van der Waals surface area contributed by atoms with E-state index in [2.05, 4.69) is 37.2 Å². The Morgan fingerprint density at radius 1 is 0.842 bits per heavy atom. The molecule has 0 spiro atoms. The molecule has 0 atom stereocenters. The lowest BCUT2D eigenvalue weighted by atomic mass is 10.0. The summed E-state index contributed by atoms with van der Waals surface area (Å²) in [6.45, 7) is 0.262. The fraction of sp³-hybridized carbons (Fsp3) is 0.103. The number of benzene rings is 4. The van der Waals surface area contributed by atoms with E-state index in [9.17, 15) is 24.9 Å². The van der Waals surface area contributed by atoms with Gasteiger partial charge in [0.25, 0.3) is 5.91 Å². The zero-order valence-corrected chi connectivity index (χ0v) is 23.5. The van der Waals surface area contributed by atoms with Crippen LogP contribution in [0.25, 0.3) is 0 Å². The molecule has 4 aromatic carbocycles. The monoisotopic (exact) mass is 641 g/mol. The zero-order chi connectivity index (χ0) is 27.7. The second kappa shape index (κ2) is 13.6. The highest BCUT2D eigenvalue weighted by atomic mass is 79.9. The summed E-state index contributed by atoms with van der Waals surface area (Å²) in [5.74, 6) is 0.0648. The lowest BCUT2D eigenvalue weighted by Gasteiger charge is -2.09. The quantitative estimate of drug-likeness (QED) is 0.174. The van der Waals surface area contributed by atoms with Crippen molar-refractivity contribution in [3.63, 3.8) is 0 Å². The first-order valence-electron chi connectivity index (χ1n) is 11.4. The predicted octanol–water partition coefficient (Wildman–Crippen LogP) is 6.38. The highest BCUT2D eigenvalue weighted by molar-refractivity contribution is 9.11. The van der Waals surface area contributed by atoms with E-state index in [1.165, 1.54) is 12.1 Å². The van der Waals surface area contributed by atoms with Gasteiger partial charge in [-0.15, -0.1) is 0 Å². The molecule has 9 heteroatoms. The average Bonchev–Trinajstić information content (AvgIpc) is 2.90. The Kier molecular flexibility index (Phi) is 10.3. The third-order valence-corrected chi connectivity index (χ3v) is 6.47. The molecule has 4 N–H and O–H groups in total. The van der Waals surface area contributed by atoms with Crippen LogP contribution in [-0.2, 0) is 13.0 Å². The van der Waals surface area contributed by atoms with Gasteiger partial charge in [-0.2, -0.15) is 0 Å². The first-order chi connectivity index (χ1) is 18.2. The summed E-state index contributed by atoms with van der Waals surface area (Å²) in [6.07, 6.45) is 0.127. The molecule has 1 amide bonds. The number of hydrogen-bond acceptors (Lipinski definition) is 6. The van der Waals surface area contributed by atoms with Gasteiger partial charge in [-0.1, -0.05) is 52.3 Å². The summed E-state index contributed by atoms with van der Waals surface area (Å²) < 4.78 is 6.60. The van der Waals surface area contributed by atoms with Crippen molar-refractivity contribution >= 4 is 43.6 Å². The van der Waals surface area contributed by atoms with Gasteiger partial charge >= 0.3 is 0 Å². The minimum Gasteiger partial charge on any atom is -0.508 e. The van der Waals surface area contributed by atoms with Crippen LogP contribution in [0.3, 0.4) is 0 Å². The summed E-state index contributed by atoms with van der Waals surface area (Å²) in [6, 6.07) is 23.6. The van der Waals surface area contributed by atoms with Crippen LogP contribution in [0.4, 0.5) is 0 Å². The maximum Gasteiger partial charge on any atom is 0.251 e. The standard InChI is InChI=1S/C15H14O4.C14H11Br2NO2/c1-19-15-5-3-2-4-10(15)8-13(17)12-7-6-11(16)9-14(12)18;15-11-6-10(13(18)12(16)7-11)8-17-14(19)9-4-2-1-3-5-9/h2-7,9,16,18H,8H2,1H3;1-7,18H,8H2,(H,17,19). The fourth-order valence-corrected chi connectivity index (χ4v) is 4.81. The van der Waals surface area contributed by atoms with Gasteiger partial charge in [0.05, 0.1) is 17.1 Å². The van der Waals surface area contributed by atoms with Crippen LogP contribution in [0.2, 0.25) is 0 Å². The minimum atomic E-state index is -0.234. The van der Waals surface area contributed by atoms with E-state index in [4.69, 9.17) is 4.74 Å². The molecule has 196 valence electrons. The minimum absolute atomic E-state index is 0.0775. The molecule has 0 saturated carbocycles. The van der Waals surface area contributed by atoms with Crippen molar-refractivity contribution in [2.75, 3.05) is 7.11 Å². The van der Waals surface area contributed by atoms with E-state index in [1.807, 2.05) is 30.3 Å². The van der Waals surface area contributed by atoms with Gasteiger partial charge in [-0.25, -0.2) is 0 Å². The van der Waals surface area contributed by atoms with Crippen molar-refractivity contribution < 1.29 is 29.6 Å². The van der Waals surface area contributed by atoms with Gasteiger partial charge < -0.3 is 25.4 Å². The molecule has 0 heterocycles. The SMILES string of the molecule is COc1ccccc1CC(=O)c1ccc(O)cc1O.O=C(NCc1cc(Br)cc(Br)c1O)c1ccccc1. The molecule has 0 aliphatic carbocycles. The normalized spacial score (nSPS) is 10.2. The zero-order valence-electron chi connectivity index (χ0n) is 20.3. The van der Waals surface area contributed by atoms with Gasteiger partial charge in [0.15, 0.2) is 5.78 Å². The second-order valence-electron chi connectivity index (χ2n) is 8.06. The fourth-order valence-electron chi connectivity index (χ4n) is 3.49. The lowest BCUT2D eigenvalue weighted by molar-refractivity contribution is 0.0949. The van der Waals surface area contributed by atoms with E-state index in [1.54, 1.807) is 43.5 Å². The molecule has 4 rings (SSSR count). The van der Waals surface area contributed by atoms with E-state index in [0.29, 0.717) is 21.3 Å². The Hall–Kier alpha value is -3.82. The van der Waals surface area contributed by atoms with Crippen molar-refractivity contribution in [2.45, 2.75) is 13.0 Å².